The predicted molar refractivity (Wildman–Crippen MR) is 46.7 cm³/mol. The molecule has 0 bridgehead atoms. The summed E-state index contributed by atoms with van der Waals surface area (Å²) in [6, 6.07) is 4.78. The minimum absolute atomic E-state index is 0.259. The molecular weight excluding hydrogens is 170 g/mol. The lowest BCUT2D eigenvalue weighted by atomic mass is 10.1. The van der Waals surface area contributed by atoms with Gasteiger partial charge in [0.15, 0.2) is 0 Å². The maximum absolute atomic E-state index is 10.6. The Morgan fingerprint density at radius 3 is 3.00 bits per heavy atom. The van der Waals surface area contributed by atoms with E-state index in [1.807, 2.05) is 0 Å². The van der Waals surface area contributed by atoms with E-state index in [4.69, 9.17) is 5.11 Å². The minimum Gasteiger partial charge on any atom is -0.478 e. The van der Waals surface area contributed by atoms with Gasteiger partial charge in [-0.25, -0.2) is 4.79 Å². The fourth-order valence-corrected chi connectivity index (χ4v) is 1.48. The van der Waals surface area contributed by atoms with Crippen LogP contribution in [0.5, 0.6) is 0 Å². The lowest BCUT2D eigenvalue weighted by Gasteiger charge is -2.01. The molecule has 13 heavy (non-hydrogen) atoms. The average Bonchev–Trinajstić information content (AvgIpc) is 2.42. The molecule has 0 aliphatic carbocycles. The largest absolute Gasteiger partial charge is 0.478 e. The Kier molecular flexibility index (Phi) is 1.70. The van der Waals surface area contributed by atoms with Gasteiger partial charge in [0.05, 0.1) is 5.56 Å². The molecule has 0 saturated carbocycles. The molecule has 0 radical (unpaired) electrons. The van der Waals surface area contributed by atoms with E-state index < -0.39 is 12.2 Å². The third kappa shape index (κ3) is 1.36. The SMILES string of the molecule is O=C(O)c1ccc2c(c1)CC(O)N2. The zero-order chi connectivity index (χ0) is 9.42. The quantitative estimate of drug-likeness (QED) is 0.592. The van der Waals surface area contributed by atoms with Crippen LogP contribution in [0.2, 0.25) is 0 Å². The standard InChI is InChI=1S/C9H9NO3/c11-8-4-6-3-5(9(12)13)1-2-7(6)10-8/h1-3,8,10-11H,4H2,(H,12,13). The molecule has 2 rings (SSSR count). The molecule has 0 aromatic heterocycles. The molecule has 1 aliphatic heterocycles. The van der Waals surface area contributed by atoms with E-state index in [2.05, 4.69) is 5.32 Å². The van der Waals surface area contributed by atoms with E-state index in [1.54, 1.807) is 12.1 Å². The second kappa shape index (κ2) is 2.74. The molecule has 3 N–H and O–H groups in total. The molecule has 1 heterocycles. The van der Waals surface area contributed by atoms with E-state index >= 15 is 0 Å². The first-order chi connectivity index (χ1) is 6.16. The lowest BCUT2D eigenvalue weighted by molar-refractivity contribution is 0.0696. The number of benzene rings is 1. The summed E-state index contributed by atoms with van der Waals surface area (Å²) in [7, 11) is 0. The maximum Gasteiger partial charge on any atom is 0.335 e. The molecule has 0 fully saturated rings. The van der Waals surface area contributed by atoms with Crippen molar-refractivity contribution >= 4 is 11.7 Å². The van der Waals surface area contributed by atoms with E-state index in [9.17, 15) is 9.90 Å². The summed E-state index contributed by atoms with van der Waals surface area (Å²) < 4.78 is 0. The normalized spacial score (nSPS) is 19.3. The Morgan fingerprint density at radius 2 is 2.31 bits per heavy atom. The van der Waals surface area contributed by atoms with Crippen molar-refractivity contribution in [3.8, 4) is 0 Å². The van der Waals surface area contributed by atoms with Gasteiger partial charge in [0.1, 0.15) is 6.23 Å². The number of carbonyl (C=O) groups is 1. The van der Waals surface area contributed by atoms with E-state index in [0.717, 1.165) is 11.3 Å². The van der Waals surface area contributed by atoms with Crippen molar-refractivity contribution in [2.24, 2.45) is 0 Å². The number of anilines is 1. The Hall–Kier alpha value is -1.55. The zero-order valence-electron chi connectivity index (χ0n) is 6.82. The summed E-state index contributed by atoms with van der Waals surface area (Å²) in [6.07, 6.45) is -0.116. The summed E-state index contributed by atoms with van der Waals surface area (Å²) in [5, 5.41) is 20.7. The summed E-state index contributed by atoms with van der Waals surface area (Å²) in [6.45, 7) is 0. The molecular formula is C9H9NO3. The number of hydrogen-bond donors (Lipinski definition) is 3. The first-order valence-corrected chi connectivity index (χ1v) is 3.97. The molecule has 1 aromatic rings. The van der Waals surface area contributed by atoms with Gasteiger partial charge in [-0.1, -0.05) is 0 Å². The van der Waals surface area contributed by atoms with Crippen molar-refractivity contribution in [3.63, 3.8) is 0 Å². The van der Waals surface area contributed by atoms with Gasteiger partial charge >= 0.3 is 5.97 Å². The number of nitrogens with one attached hydrogen (secondary N) is 1. The van der Waals surface area contributed by atoms with E-state index in [1.165, 1.54) is 6.07 Å². The first-order valence-electron chi connectivity index (χ1n) is 3.97. The van der Waals surface area contributed by atoms with Gasteiger partial charge in [-0.2, -0.15) is 0 Å². The topological polar surface area (TPSA) is 69.6 Å². The smallest absolute Gasteiger partial charge is 0.335 e. The van der Waals surface area contributed by atoms with Crippen molar-refractivity contribution in [2.45, 2.75) is 12.6 Å². The van der Waals surface area contributed by atoms with E-state index in [-0.39, 0.29) is 5.56 Å². The van der Waals surface area contributed by atoms with Crippen molar-refractivity contribution in [2.75, 3.05) is 5.32 Å². The number of fused-ring (bicyclic) bond motifs is 1. The average molecular weight is 179 g/mol. The van der Waals surface area contributed by atoms with Crippen LogP contribution >= 0.6 is 0 Å². The number of aromatic carboxylic acids is 1. The van der Waals surface area contributed by atoms with Crippen LogP contribution in [0.3, 0.4) is 0 Å². The van der Waals surface area contributed by atoms with Crippen LogP contribution in [-0.4, -0.2) is 22.4 Å². The molecule has 4 nitrogen and oxygen atoms in total. The molecule has 1 aromatic carbocycles. The monoisotopic (exact) mass is 179 g/mol. The number of hydrogen-bond acceptors (Lipinski definition) is 3. The van der Waals surface area contributed by atoms with Gasteiger partial charge in [-0.05, 0) is 23.8 Å². The fourth-order valence-electron chi connectivity index (χ4n) is 1.48. The first kappa shape index (κ1) is 8.07. The highest BCUT2D eigenvalue weighted by atomic mass is 16.4. The highest BCUT2D eigenvalue weighted by Crippen LogP contribution is 2.25. The molecule has 1 aliphatic rings. The number of carboxylic acids is 1. The van der Waals surface area contributed by atoms with Crippen molar-refractivity contribution in [1.82, 2.24) is 0 Å². The molecule has 1 unspecified atom stereocenters. The van der Waals surface area contributed by atoms with Crippen LogP contribution in [0.1, 0.15) is 15.9 Å². The van der Waals surface area contributed by atoms with Crippen molar-refractivity contribution < 1.29 is 15.0 Å². The molecule has 68 valence electrons. The summed E-state index contributed by atoms with van der Waals surface area (Å²) in [4.78, 5) is 10.6. The Morgan fingerprint density at radius 1 is 1.54 bits per heavy atom. The molecule has 0 spiro atoms. The predicted octanol–water partition coefficient (Wildman–Crippen LogP) is 0.671. The Labute approximate surface area is 74.8 Å². The van der Waals surface area contributed by atoms with Crippen LogP contribution in [0.25, 0.3) is 0 Å². The van der Waals surface area contributed by atoms with Crippen LogP contribution in [0, 0.1) is 0 Å². The molecule has 0 amide bonds. The summed E-state index contributed by atoms with van der Waals surface area (Å²) in [5.74, 6) is -0.941. The van der Waals surface area contributed by atoms with Crippen LogP contribution in [-0.2, 0) is 6.42 Å². The van der Waals surface area contributed by atoms with Gasteiger partial charge in [0, 0.05) is 12.1 Å². The molecule has 1 atom stereocenters. The van der Waals surface area contributed by atoms with Crippen molar-refractivity contribution in [1.29, 1.82) is 0 Å². The minimum atomic E-state index is -0.941. The number of rotatable bonds is 1. The Bertz CT molecular complexity index is 362. The lowest BCUT2D eigenvalue weighted by Crippen LogP contribution is -2.12. The molecule has 4 heteroatoms. The van der Waals surface area contributed by atoms with Crippen LogP contribution in [0.15, 0.2) is 18.2 Å². The van der Waals surface area contributed by atoms with Crippen LogP contribution < -0.4 is 5.32 Å². The Balaban J connectivity index is 2.40. The zero-order valence-corrected chi connectivity index (χ0v) is 6.82. The second-order valence-corrected chi connectivity index (χ2v) is 3.04. The van der Waals surface area contributed by atoms with Crippen LogP contribution in [0.4, 0.5) is 5.69 Å². The second-order valence-electron chi connectivity index (χ2n) is 3.04. The van der Waals surface area contributed by atoms with Gasteiger partial charge < -0.3 is 15.5 Å². The highest BCUT2D eigenvalue weighted by Gasteiger charge is 2.18. The maximum atomic E-state index is 10.6. The number of aliphatic hydroxyl groups excluding tert-OH is 1. The third-order valence-electron chi connectivity index (χ3n) is 2.09. The van der Waals surface area contributed by atoms with Gasteiger partial charge in [-0.15, -0.1) is 0 Å². The molecule has 0 saturated heterocycles. The summed E-state index contributed by atoms with van der Waals surface area (Å²) in [5.41, 5.74) is 1.93. The number of carboxylic acid groups (broad SMARTS) is 1. The van der Waals surface area contributed by atoms with Crippen molar-refractivity contribution in [3.05, 3.63) is 29.3 Å². The third-order valence-corrected chi connectivity index (χ3v) is 2.09. The van der Waals surface area contributed by atoms with Gasteiger partial charge in [0.2, 0.25) is 0 Å². The fraction of sp³-hybridized carbons (Fsp3) is 0.222. The van der Waals surface area contributed by atoms with E-state index in [0.29, 0.717) is 6.42 Å². The highest BCUT2D eigenvalue weighted by molar-refractivity contribution is 5.88. The number of aliphatic hydroxyl groups is 1. The van der Waals surface area contributed by atoms with Gasteiger partial charge in [-0.3, -0.25) is 0 Å². The summed E-state index contributed by atoms with van der Waals surface area (Å²) >= 11 is 0. The van der Waals surface area contributed by atoms with Gasteiger partial charge in [0.25, 0.3) is 0 Å².